The van der Waals surface area contributed by atoms with Gasteiger partial charge in [-0.25, -0.2) is 0 Å². The maximum absolute atomic E-state index is 12.3. The van der Waals surface area contributed by atoms with Crippen molar-refractivity contribution in [1.82, 2.24) is 15.1 Å². The minimum atomic E-state index is 0. The highest BCUT2D eigenvalue weighted by Crippen LogP contribution is 2.26. The van der Waals surface area contributed by atoms with Gasteiger partial charge >= 0.3 is 0 Å². The third-order valence-corrected chi connectivity index (χ3v) is 4.83. The fourth-order valence-electron chi connectivity index (χ4n) is 3.79. The molecule has 3 aliphatic rings. The summed E-state index contributed by atoms with van der Waals surface area (Å²) in [6.07, 6.45) is 2.46. The number of hydrogen-bond donors (Lipinski definition) is 1. The van der Waals surface area contributed by atoms with Gasteiger partial charge in [0.2, 0.25) is 5.91 Å². The van der Waals surface area contributed by atoms with E-state index >= 15 is 0 Å². The van der Waals surface area contributed by atoms with E-state index < -0.39 is 0 Å². The number of hydrogen-bond acceptors (Lipinski definition) is 3. The molecular formula is C14H26ClN3O. The Kier molecular flexibility index (Phi) is 5.09. The van der Waals surface area contributed by atoms with Gasteiger partial charge in [-0.2, -0.15) is 0 Å². The maximum Gasteiger partial charge on any atom is 0.236 e. The lowest BCUT2D eigenvalue weighted by Crippen LogP contribution is -2.44. The zero-order valence-corrected chi connectivity index (χ0v) is 12.6. The maximum atomic E-state index is 12.3. The summed E-state index contributed by atoms with van der Waals surface area (Å²) in [6.45, 7) is 9.39. The summed E-state index contributed by atoms with van der Waals surface area (Å²) >= 11 is 0. The van der Waals surface area contributed by atoms with E-state index in [1.54, 1.807) is 0 Å². The van der Waals surface area contributed by atoms with E-state index in [0.29, 0.717) is 18.4 Å². The van der Waals surface area contributed by atoms with Crippen LogP contribution in [0.3, 0.4) is 0 Å². The average molecular weight is 288 g/mol. The fourth-order valence-corrected chi connectivity index (χ4v) is 3.79. The Morgan fingerprint density at radius 1 is 1.21 bits per heavy atom. The SMILES string of the molecule is CC1CCCN(C(=O)CN2C[C@H]3CNC[C@H]3C2)C1.Cl. The number of fused-ring (bicyclic) bond motifs is 1. The molecule has 3 atom stereocenters. The molecule has 0 aromatic rings. The lowest BCUT2D eigenvalue weighted by Gasteiger charge is -2.32. The van der Waals surface area contributed by atoms with Gasteiger partial charge < -0.3 is 10.2 Å². The van der Waals surface area contributed by atoms with Gasteiger partial charge in [-0.15, -0.1) is 12.4 Å². The number of carbonyl (C=O) groups is 1. The molecule has 0 bridgehead atoms. The van der Waals surface area contributed by atoms with E-state index in [0.717, 1.165) is 51.1 Å². The van der Waals surface area contributed by atoms with E-state index in [9.17, 15) is 4.79 Å². The van der Waals surface area contributed by atoms with Crippen LogP contribution in [0.4, 0.5) is 0 Å². The highest BCUT2D eigenvalue weighted by Gasteiger charge is 2.37. The first-order valence-corrected chi connectivity index (χ1v) is 7.43. The zero-order chi connectivity index (χ0) is 12.5. The van der Waals surface area contributed by atoms with Crippen LogP contribution in [0.25, 0.3) is 0 Å². The molecule has 0 spiro atoms. The van der Waals surface area contributed by atoms with Crippen LogP contribution in [0.1, 0.15) is 19.8 Å². The van der Waals surface area contributed by atoms with Crippen molar-refractivity contribution in [3.63, 3.8) is 0 Å². The second-order valence-electron chi connectivity index (χ2n) is 6.46. The number of halogens is 1. The molecular weight excluding hydrogens is 262 g/mol. The predicted molar refractivity (Wildman–Crippen MR) is 78.5 cm³/mol. The summed E-state index contributed by atoms with van der Waals surface area (Å²) in [7, 11) is 0. The Balaban J connectivity index is 0.00000133. The van der Waals surface area contributed by atoms with Crippen LogP contribution in [0.2, 0.25) is 0 Å². The van der Waals surface area contributed by atoms with Crippen molar-refractivity contribution in [3.05, 3.63) is 0 Å². The molecule has 5 heteroatoms. The van der Waals surface area contributed by atoms with Crippen molar-refractivity contribution in [2.24, 2.45) is 17.8 Å². The van der Waals surface area contributed by atoms with Gasteiger partial charge in [-0.1, -0.05) is 6.92 Å². The summed E-state index contributed by atoms with van der Waals surface area (Å²) in [4.78, 5) is 16.7. The Hall–Kier alpha value is -0.320. The van der Waals surface area contributed by atoms with Crippen LogP contribution in [0.5, 0.6) is 0 Å². The van der Waals surface area contributed by atoms with Crippen molar-refractivity contribution >= 4 is 18.3 Å². The molecule has 0 radical (unpaired) electrons. The number of nitrogens with one attached hydrogen (secondary N) is 1. The van der Waals surface area contributed by atoms with Crippen LogP contribution in [-0.2, 0) is 4.79 Å². The Labute approximate surface area is 122 Å². The van der Waals surface area contributed by atoms with E-state index in [1.165, 1.54) is 12.8 Å². The number of carbonyl (C=O) groups excluding carboxylic acids is 1. The molecule has 3 fully saturated rings. The van der Waals surface area contributed by atoms with Crippen LogP contribution in [-0.4, -0.2) is 61.5 Å². The summed E-state index contributed by atoms with van der Waals surface area (Å²) in [5.41, 5.74) is 0. The van der Waals surface area contributed by atoms with Crippen molar-refractivity contribution < 1.29 is 4.79 Å². The van der Waals surface area contributed by atoms with E-state index in [1.807, 2.05) is 0 Å². The highest BCUT2D eigenvalue weighted by molar-refractivity contribution is 5.85. The van der Waals surface area contributed by atoms with Crippen molar-refractivity contribution in [1.29, 1.82) is 0 Å². The smallest absolute Gasteiger partial charge is 0.236 e. The molecule has 0 aromatic heterocycles. The van der Waals surface area contributed by atoms with Crippen molar-refractivity contribution in [2.75, 3.05) is 45.8 Å². The second kappa shape index (κ2) is 6.42. The van der Waals surface area contributed by atoms with Gasteiger partial charge in [0, 0.05) is 26.2 Å². The molecule has 3 saturated heterocycles. The molecule has 4 nitrogen and oxygen atoms in total. The standard InChI is InChI=1S/C14H25N3O.ClH/c1-11-3-2-4-17(7-11)14(18)10-16-8-12-5-15-6-13(12)9-16;/h11-13,15H,2-10H2,1H3;1H/t11?,12-,13+;. The number of nitrogens with zero attached hydrogens (tertiary/aromatic N) is 2. The molecule has 3 aliphatic heterocycles. The summed E-state index contributed by atoms with van der Waals surface area (Å²) in [5.74, 6) is 2.62. The molecule has 3 heterocycles. The van der Waals surface area contributed by atoms with Gasteiger partial charge in [0.05, 0.1) is 6.54 Å². The first-order chi connectivity index (χ1) is 8.72. The van der Waals surface area contributed by atoms with Crippen LogP contribution in [0, 0.1) is 17.8 Å². The number of piperidine rings is 1. The average Bonchev–Trinajstić information content (AvgIpc) is 2.89. The third-order valence-electron chi connectivity index (χ3n) is 4.83. The number of likely N-dealkylation sites (tertiary alicyclic amines) is 2. The first-order valence-electron chi connectivity index (χ1n) is 7.43. The quantitative estimate of drug-likeness (QED) is 0.817. The molecule has 19 heavy (non-hydrogen) atoms. The number of rotatable bonds is 2. The van der Waals surface area contributed by atoms with Gasteiger partial charge in [0.1, 0.15) is 0 Å². The fraction of sp³-hybridized carbons (Fsp3) is 0.929. The molecule has 0 aliphatic carbocycles. The van der Waals surface area contributed by atoms with E-state index in [2.05, 4.69) is 22.0 Å². The van der Waals surface area contributed by atoms with Crippen molar-refractivity contribution in [2.45, 2.75) is 19.8 Å². The molecule has 0 aromatic carbocycles. The number of amides is 1. The topological polar surface area (TPSA) is 35.6 Å². The molecule has 1 unspecified atom stereocenters. The summed E-state index contributed by atoms with van der Waals surface area (Å²) in [6, 6.07) is 0. The monoisotopic (exact) mass is 287 g/mol. The lowest BCUT2D eigenvalue weighted by molar-refractivity contribution is -0.133. The summed E-state index contributed by atoms with van der Waals surface area (Å²) in [5, 5.41) is 3.45. The Morgan fingerprint density at radius 3 is 2.53 bits per heavy atom. The minimum Gasteiger partial charge on any atom is -0.341 e. The summed E-state index contributed by atoms with van der Waals surface area (Å²) < 4.78 is 0. The van der Waals surface area contributed by atoms with Gasteiger partial charge in [0.15, 0.2) is 0 Å². The molecule has 1 N–H and O–H groups in total. The second-order valence-corrected chi connectivity index (χ2v) is 6.46. The van der Waals surface area contributed by atoms with Gasteiger partial charge in [-0.3, -0.25) is 9.69 Å². The molecule has 1 amide bonds. The van der Waals surface area contributed by atoms with Crippen LogP contribution in [0.15, 0.2) is 0 Å². The molecule has 3 rings (SSSR count). The van der Waals surface area contributed by atoms with Gasteiger partial charge in [0.25, 0.3) is 0 Å². The van der Waals surface area contributed by atoms with Crippen molar-refractivity contribution in [3.8, 4) is 0 Å². The first kappa shape index (κ1) is 15.1. The molecule has 110 valence electrons. The lowest BCUT2D eigenvalue weighted by atomic mass is 10.0. The minimum absolute atomic E-state index is 0. The van der Waals surface area contributed by atoms with E-state index in [4.69, 9.17) is 0 Å². The molecule has 0 saturated carbocycles. The third kappa shape index (κ3) is 3.41. The highest BCUT2D eigenvalue weighted by atomic mass is 35.5. The van der Waals surface area contributed by atoms with E-state index in [-0.39, 0.29) is 12.4 Å². The predicted octanol–water partition coefficient (Wildman–Crippen LogP) is 0.818. The Morgan fingerprint density at radius 2 is 1.89 bits per heavy atom. The normalized spacial score (nSPS) is 35.0. The zero-order valence-electron chi connectivity index (χ0n) is 11.8. The van der Waals surface area contributed by atoms with Crippen LogP contribution < -0.4 is 5.32 Å². The van der Waals surface area contributed by atoms with Crippen LogP contribution >= 0.6 is 12.4 Å². The van der Waals surface area contributed by atoms with Gasteiger partial charge in [-0.05, 0) is 43.7 Å². The Bertz CT molecular complexity index is 314. The largest absolute Gasteiger partial charge is 0.341 e.